The number of rotatable bonds is 1. The molecule has 0 aliphatic heterocycles. The van der Waals surface area contributed by atoms with Crippen LogP contribution in [0.5, 0.6) is 0 Å². The second-order valence-corrected chi connectivity index (χ2v) is 1.08. The van der Waals surface area contributed by atoms with E-state index in [1.807, 2.05) is 0 Å². The molecule has 0 fully saturated rings. The molecule has 0 unspecified atom stereocenters. The molecule has 0 rings (SSSR count). The summed E-state index contributed by atoms with van der Waals surface area (Å²) in [5.41, 5.74) is 0. The Morgan fingerprint density at radius 1 is 1.33 bits per heavy atom. The summed E-state index contributed by atoms with van der Waals surface area (Å²) < 4.78 is 54.9. The van der Waals surface area contributed by atoms with Gasteiger partial charge in [-0.15, -0.1) is 0 Å². The van der Waals surface area contributed by atoms with E-state index in [1.54, 1.807) is 0 Å². The number of nitrogens with one attached hydrogen (secondary N) is 1. The first-order chi connectivity index (χ1) is 3.95. The first-order valence-corrected chi connectivity index (χ1v) is 1.76. The molecular formula is C3H2F5N. The van der Waals surface area contributed by atoms with Crippen LogP contribution in [0.1, 0.15) is 0 Å². The number of halogens is 5. The van der Waals surface area contributed by atoms with Crippen LogP contribution in [-0.4, -0.2) is 6.30 Å². The predicted molar refractivity (Wildman–Crippen MR) is 19.5 cm³/mol. The third kappa shape index (κ3) is 5.05. The highest BCUT2D eigenvalue weighted by molar-refractivity contribution is 4.81. The van der Waals surface area contributed by atoms with E-state index in [0.717, 1.165) is 0 Å². The lowest BCUT2D eigenvalue weighted by molar-refractivity contribution is -0.153. The average molecular weight is 147 g/mol. The van der Waals surface area contributed by atoms with Crippen LogP contribution >= 0.6 is 0 Å². The van der Waals surface area contributed by atoms with Crippen LogP contribution in [0.25, 0.3) is 0 Å². The average Bonchev–Trinajstić information content (AvgIpc) is 1.62. The van der Waals surface area contributed by atoms with Gasteiger partial charge in [-0.2, -0.15) is 17.6 Å². The number of alkyl halides is 3. The fraction of sp³-hybridized carbons (Fsp3) is 0.333. The van der Waals surface area contributed by atoms with Crippen molar-refractivity contribution in [1.29, 1.82) is 0 Å². The van der Waals surface area contributed by atoms with E-state index in [9.17, 15) is 22.0 Å². The van der Waals surface area contributed by atoms with E-state index in [4.69, 9.17) is 0 Å². The fourth-order valence-electron chi connectivity index (χ4n) is 0.163. The molecule has 0 radical (unpaired) electrons. The Hall–Kier alpha value is -0.810. The zero-order chi connectivity index (χ0) is 7.49. The Morgan fingerprint density at radius 3 is 1.89 bits per heavy atom. The van der Waals surface area contributed by atoms with Crippen molar-refractivity contribution in [2.45, 2.75) is 6.30 Å². The van der Waals surface area contributed by atoms with Crippen molar-refractivity contribution in [3.05, 3.63) is 12.3 Å². The van der Waals surface area contributed by atoms with Gasteiger partial charge in [0.15, 0.2) is 0 Å². The van der Waals surface area contributed by atoms with Gasteiger partial charge in [0.25, 0.3) is 0 Å². The molecule has 0 aromatic carbocycles. The first-order valence-electron chi connectivity index (χ1n) is 1.76. The fourth-order valence-corrected chi connectivity index (χ4v) is 0.163. The maximum atomic E-state index is 11.3. The van der Waals surface area contributed by atoms with Gasteiger partial charge in [-0.3, -0.25) is 5.32 Å². The summed E-state index contributed by atoms with van der Waals surface area (Å²) in [5.74, 6) is -2.05. The normalized spacial score (nSPS) is 13.7. The highest BCUT2D eigenvalue weighted by Gasteiger charge is 2.28. The van der Waals surface area contributed by atoms with Crippen LogP contribution in [0.3, 0.4) is 0 Å². The number of hydrogen-bond acceptors (Lipinski definition) is 1. The Kier molecular flexibility index (Phi) is 2.41. The largest absolute Gasteiger partial charge is 0.484 e. The minimum Gasteiger partial charge on any atom is -0.271 e. The molecule has 0 heterocycles. The summed E-state index contributed by atoms with van der Waals surface area (Å²) in [4.78, 5) is 0. The zero-order valence-electron chi connectivity index (χ0n) is 3.97. The third-order valence-corrected chi connectivity index (χ3v) is 0.357. The topological polar surface area (TPSA) is 12.0 Å². The molecule has 6 heteroatoms. The minimum atomic E-state index is -4.91. The lowest BCUT2D eigenvalue weighted by Gasteiger charge is -2.04. The van der Waals surface area contributed by atoms with Gasteiger partial charge in [-0.1, -0.05) is 0 Å². The van der Waals surface area contributed by atoms with Crippen LogP contribution in [0, 0.1) is 0 Å². The van der Waals surface area contributed by atoms with E-state index in [1.165, 1.54) is 0 Å². The third-order valence-electron chi connectivity index (χ3n) is 0.357. The zero-order valence-corrected chi connectivity index (χ0v) is 3.97. The molecule has 54 valence electrons. The van der Waals surface area contributed by atoms with Crippen LogP contribution in [0.15, 0.2) is 12.3 Å². The van der Waals surface area contributed by atoms with E-state index in [-0.39, 0.29) is 5.32 Å². The van der Waals surface area contributed by atoms with Crippen molar-refractivity contribution in [2.24, 2.45) is 0 Å². The molecule has 0 saturated carbocycles. The lowest BCUT2D eigenvalue weighted by atomic mass is 10.9. The van der Waals surface area contributed by atoms with Gasteiger partial charge in [0, 0.05) is 0 Å². The molecule has 0 aliphatic rings. The Bertz CT molecular complexity index is 114. The van der Waals surface area contributed by atoms with Crippen molar-refractivity contribution in [3.63, 3.8) is 0 Å². The van der Waals surface area contributed by atoms with Crippen molar-refractivity contribution in [3.8, 4) is 0 Å². The molecule has 0 aliphatic carbocycles. The van der Waals surface area contributed by atoms with Crippen LogP contribution in [0.4, 0.5) is 22.0 Å². The molecule has 0 aromatic heterocycles. The highest BCUT2D eigenvalue weighted by Crippen LogP contribution is 2.12. The molecule has 0 spiro atoms. The van der Waals surface area contributed by atoms with Gasteiger partial charge < -0.3 is 0 Å². The molecule has 9 heavy (non-hydrogen) atoms. The molecule has 0 aromatic rings. The number of hydrogen-bond donors (Lipinski definition) is 1. The quantitative estimate of drug-likeness (QED) is 0.440. The SMILES string of the molecule is F/C=C(\F)NC(F)(F)F. The van der Waals surface area contributed by atoms with E-state index in [0.29, 0.717) is 0 Å². The second-order valence-electron chi connectivity index (χ2n) is 1.08. The summed E-state index contributed by atoms with van der Waals surface area (Å²) in [5, 5.41) is 0.288. The molecule has 0 bridgehead atoms. The van der Waals surface area contributed by atoms with Gasteiger partial charge in [-0.25, -0.2) is 4.39 Å². The van der Waals surface area contributed by atoms with Gasteiger partial charge >= 0.3 is 6.30 Å². The van der Waals surface area contributed by atoms with Crippen LogP contribution in [-0.2, 0) is 0 Å². The van der Waals surface area contributed by atoms with E-state index < -0.39 is 18.6 Å². The summed E-state index contributed by atoms with van der Waals surface area (Å²) in [6.07, 6.45) is -5.72. The van der Waals surface area contributed by atoms with Crippen LogP contribution < -0.4 is 5.32 Å². The van der Waals surface area contributed by atoms with Crippen molar-refractivity contribution >= 4 is 0 Å². The molecular weight excluding hydrogens is 145 g/mol. The van der Waals surface area contributed by atoms with Gasteiger partial charge in [0.2, 0.25) is 5.95 Å². The van der Waals surface area contributed by atoms with Crippen molar-refractivity contribution in [2.75, 3.05) is 0 Å². The molecule has 0 saturated heterocycles. The summed E-state index contributed by atoms with van der Waals surface area (Å²) >= 11 is 0. The van der Waals surface area contributed by atoms with Gasteiger partial charge in [0.05, 0.1) is 0 Å². The maximum Gasteiger partial charge on any atom is 0.484 e. The standard InChI is InChI=1S/C3H2F5N/c4-1-2(5)9-3(6,7)8/h1,9H/b2-1+. The maximum absolute atomic E-state index is 11.3. The monoisotopic (exact) mass is 147 g/mol. The summed E-state index contributed by atoms with van der Waals surface area (Å²) in [7, 11) is 0. The molecule has 0 amide bonds. The van der Waals surface area contributed by atoms with Crippen molar-refractivity contribution < 1.29 is 22.0 Å². The highest BCUT2D eigenvalue weighted by atomic mass is 19.4. The Morgan fingerprint density at radius 2 is 1.78 bits per heavy atom. The van der Waals surface area contributed by atoms with Gasteiger partial charge in [-0.05, 0) is 0 Å². The van der Waals surface area contributed by atoms with E-state index in [2.05, 4.69) is 0 Å². The second kappa shape index (κ2) is 2.65. The lowest BCUT2D eigenvalue weighted by Crippen LogP contribution is -2.28. The smallest absolute Gasteiger partial charge is 0.271 e. The first kappa shape index (κ1) is 8.19. The predicted octanol–water partition coefficient (Wildman–Crippen LogP) is 1.83. The van der Waals surface area contributed by atoms with Gasteiger partial charge in [0.1, 0.15) is 6.33 Å². The Balaban J connectivity index is 3.75. The van der Waals surface area contributed by atoms with E-state index >= 15 is 0 Å². The summed E-state index contributed by atoms with van der Waals surface area (Å²) in [6.45, 7) is 0. The minimum absolute atomic E-state index is 0.288. The summed E-state index contributed by atoms with van der Waals surface area (Å²) in [6, 6.07) is 0. The molecule has 1 N–H and O–H groups in total. The van der Waals surface area contributed by atoms with Crippen LogP contribution in [0.2, 0.25) is 0 Å². The van der Waals surface area contributed by atoms with Crippen molar-refractivity contribution in [1.82, 2.24) is 5.32 Å². The molecule has 1 nitrogen and oxygen atoms in total. The Labute approximate surface area is 47.2 Å². The molecule has 0 atom stereocenters.